The lowest BCUT2D eigenvalue weighted by Gasteiger charge is -2.17. The molecule has 1 aliphatic rings. The number of amides is 2. The number of nitrogens with zero attached hydrogens (tertiary/aromatic N) is 1. The van der Waals surface area contributed by atoms with E-state index in [9.17, 15) is 9.59 Å². The molecule has 1 aromatic carbocycles. The smallest absolute Gasteiger partial charge is 0.239 e. The SMILES string of the molecule is CC(C)c1ccc(C(N)CNC(=O)CN2CCCC2=O)cc1.Cl. The molecule has 0 bridgehead atoms. The summed E-state index contributed by atoms with van der Waals surface area (Å²) in [6.45, 7) is 5.48. The topological polar surface area (TPSA) is 75.4 Å². The van der Waals surface area contributed by atoms with Gasteiger partial charge in [0.15, 0.2) is 0 Å². The number of benzene rings is 1. The summed E-state index contributed by atoms with van der Waals surface area (Å²) in [4.78, 5) is 24.9. The zero-order chi connectivity index (χ0) is 16.1. The third-order valence-corrected chi connectivity index (χ3v) is 4.06. The standard InChI is InChI=1S/C17H25N3O2.ClH/c1-12(2)13-5-7-14(8-6-13)15(18)10-19-16(21)11-20-9-3-4-17(20)22;/h5-8,12,15H,3-4,9-11,18H2,1-2H3,(H,19,21);1H. The van der Waals surface area contributed by atoms with Crippen LogP contribution in [0.25, 0.3) is 0 Å². The first kappa shape index (κ1) is 19.5. The Morgan fingerprint density at radius 3 is 2.39 bits per heavy atom. The molecule has 23 heavy (non-hydrogen) atoms. The van der Waals surface area contributed by atoms with E-state index in [4.69, 9.17) is 5.73 Å². The van der Waals surface area contributed by atoms with E-state index < -0.39 is 0 Å². The number of rotatable bonds is 6. The molecule has 0 radical (unpaired) electrons. The van der Waals surface area contributed by atoms with Gasteiger partial charge in [0.1, 0.15) is 0 Å². The molecule has 1 atom stereocenters. The highest BCUT2D eigenvalue weighted by Gasteiger charge is 2.22. The van der Waals surface area contributed by atoms with Crippen molar-refractivity contribution in [2.45, 2.75) is 38.6 Å². The van der Waals surface area contributed by atoms with E-state index in [-0.39, 0.29) is 36.8 Å². The van der Waals surface area contributed by atoms with E-state index in [1.807, 2.05) is 12.1 Å². The van der Waals surface area contributed by atoms with Gasteiger partial charge in [0.25, 0.3) is 0 Å². The molecule has 0 aromatic heterocycles. The molecule has 6 heteroatoms. The molecular weight excluding hydrogens is 314 g/mol. The van der Waals surface area contributed by atoms with Crippen molar-refractivity contribution in [2.75, 3.05) is 19.6 Å². The minimum absolute atomic E-state index is 0. The molecule has 1 saturated heterocycles. The van der Waals surface area contributed by atoms with Gasteiger partial charge < -0.3 is 16.0 Å². The summed E-state index contributed by atoms with van der Waals surface area (Å²) in [5.41, 5.74) is 8.38. The second-order valence-corrected chi connectivity index (χ2v) is 6.15. The normalized spacial score (nSPS) is 15.5. The number of nitrogens with one attached hydrogen (secondary N) is 1. The Morgan fingerprint density at radius 2 is 1.87 bits per heavy atom. The highest BCUT2D eigenvalue weighted by molar-refractivity contribution is 5.86. The minimum atomic E-state index is -0.237. The van der Waals surface area contributed by atoms with Gasteiger partial charge in [-0.2, -0.15) is 0 Å². The summed E-state index contributed by atoms with van der Waals surface area (Å²) in [5, 5.41) is 2.81. The van der Waals surface area contributed by atoms with Crippen LogP contribution in [0.2, 0.25) is 0 Å². The maximum Gasteiger partial charge on any atom is 0.239 e. The van der Waals surface area contributed by atoms with Crippen LogP contribution in [0.1, 0.15) is 49.8 Å². The summed E-state index contributed by atoms with van der Waals surface area (Å²) >= 11 is 0. The Bertz CT molecular complexity index is 531. The van der Waals surface area contributed by atoms with Crippen molar-refractivity contribution in [3.05, 3.63) is 35.4 Å². The van der Waals surface area contributed by atoms with Crippen LogP contribution < -0.4 is 11.1 Å². The summed E-state index contributed by atoms with van der Waals surface area (Å²) < 4.78 is 0. The summed E-state index contributed by atoms with van der Waals surface area (Å²) in [6, 6.07) is 7.93. The molecule has 0 saturated carbocycles. The van der Waals surface area contributed by atoms with Crippen LogP contribution in [0.5, 0.6) is 0 Å². The highest BCUT2D eigenvalue weighted by Crippen LogP contribution is 2.17. The number of carbonyl (C=O) groups excluding carboxylic acids is 2. The summed E-state index contributed by atoms with van der Waals surface area (Å²) in [5.74, 6) is 0.399. The molecule has 2 amide bonds. The second kappa shape index (κ2) is 8.89. The van der Waals surface area contributed by atoms with Gasteiger partial charge in [-0.1, -0.05) is 38.1 Å². The van der Waals surface area contributed by atoms with Gasteiger partial charge in [0, 0.05) is 25.6 Å². The molecule has 1 unspecified atom stereocenters. The maximum atomic E-state index is 11.9. The molecule has 1 aliphatic heterocycles. The largest absolute Gasteiger partial charge is 0.353 e. The van der Waals surface area contributed by atoms with E-state index in [1.165, 1.54) is 5.56 Å². The maximum absolute atomic E-state index is 11.9. The molecule has 2 rings (SSSR count). The molecule has 1 heterocycles. The lowest BCUT2D eigenvalue weighted by molar-refractivity contribution is -0.133. The molecule has 0 aliphatic carbocycles. The lowest BCUT2D eigenvalue weighted by atomic mass is 9.99. The van der Waals surface area contributed by atoms with Gasteiger partial charge in [-0.3, -0.25) is 9.59 Å². The average molecular weight is 340 g/mol. The third kappa shape index (κ3) is 5.52. The minimum Gasteiger partial charge on any atom is -0.353 e. The van der Waals surface area contributed by atoms with Crippen LogP contribution >= 0.6 is 12.4 Å². The summed E-state index contributed by atoms with van der Waals surface area (Å²) in [6.07, 6.45) is 1.39. The number of nitrogens with two attached hydrogens (primary N) is 1. The first-order valence-electron chi connectivity index (χ1n) is 7.87. The van der Waals surface area contributed by atoms with E-state index in [1.54, 1.807) is 4.90 Å². The Morgan fingerprint density at radius 1 is 1.26 bits per heavy atom. The lowest BCUT2D eigenvalue weighted by Crippen LogP contribution is -2.40. The fourth-order valence-electron chi connectivity index (χ4n) is 2.57. The zero-order valence-electron chi connectivity index (χ0n) is 13.7. The van der Waals surface area contributed by atoms with Crippen LogP contribution in [-0.2, 0) is 9.59 Å². The Balaban J connectivity index is 0.00000264. The first-order chi connectivity index (χ1) is 10.5. The first-order valence-corrected chi connectivity index (χ1v) is 7.87. The van der Waals surface area contributed by atoms with Gasteiger partial charge >= 0.3 is 0 Å². The Kier molecular flexibility index (Phi) is 7.52. The predicted molar refractivity (Wildman–Crippen MR) is 93.5 cm³/mol. The Hall–Kier alpha value is -1.59. The number of hydrogen-bond donors (Lipinski definition) is 2. The van der Waals surface area contributed by atoms with Crippen LogP contribution in [0, 0.1) is 0 Å². The quantitative estimate of drug-likeness (QED) is 0.832. The fourth-order valence-corrected chi connectivity index (χ4v) is 2.57. The van der Waals surface area contributed by atoms with Gasteiger partial charge in [-0.25, -0.2) is 0 Å². The number of halogens is 1. The fraction of sp³-hybridized carbons (Fsp3) is 0.529. The molecule has 1 aromatic rings. The Labute approximate surface area is 144 Å². The number of likely N-dealkylation sites (tertiary alicyclic amines) is 1. The van der Waals surface area contributed by atoms with Crippen molar-refractivity contribution >= 4 is 24.2 Å². The summed E-state index contributed by atoms with van der Waals surface area (Å²) in [7, 11) is 0. The van der Waals surface area contributed by atoms with Gasteiger partial charge in [0.05, 0.1) is 6.54 Å². The van der Waals surface area contributed by atoms with Gasteiger partial charge in [-0.05, 0) is 23.5 Å². The van der Waals surface area contributed by atoms with Gasteiger partial charge in [0.2, 0.25) is 11.8 Å². The molecular formula is C17H26ClN3O2. The molecule has 3 N–H and O–H groups in total. The van der Waals surface area contributed by atoms with E-state index in [0.29, 0.717) is 25.4 Å². The molecule has 0 spiro atoms. The third-order valence-electron chi connectivity index (χ3n) is 4.06. The monoisotopic (exact) mass is 339 g/mol. The number of carbonyl (C=O) groups is 2. The predicted octanol–water partition coefficient (Wildman–Crippen LogP) is 1.97. The van der Waals surface area contributed by atoms with E-state index >= 15 is 0 Å². The van der Waals surface area contributed by atoms with Crippen molar-refractivity contribution in [2.24, 2.45) is 5.73 Å². The number of hydrogen-bond acceptors (Lipinski definition) is 3. The van der Waals surface area contributed by atoms with Crippen molar-refractivity contribution in [3.63, 3.8) is 0 Å². The van der Waals surface area contributed by atoms with Crippen LogP contribution in [0.15, 0.2) is 24.3 Å². The molecule has 128 valence electrons. The van der Waals surface area contributed by atoms with Crippen LogP contribution in [-0.4, -0.2) is 36.3 Å². The van der Waals surface area contributed by atoms with Crippen LogP contribution in [0.3, 0.4) is 0 Å². The van der Waals surface area contributed by atoms with Crippen molar-refractivity contribution in [3.8, 4) is 0 Å². The molecule has 1 fully saturated rings. The second-order valence-electron chi connectivity index (χ2n) is 6.15. The van der Waals surface area contributed by atoms with Crippen LogP contribution in [0.4, 0.5) is 0 Å². The van der Waals surface area contributed by atoms with Crippen molar-refractivity contribution in [1.82, 2.24) is 10.2 Å². The zero-order valence-corrected chi connectivity index (χ0v) is 14.6. The van der Waals surface area contributed by atoms with E-state index in [2.05, 4.69) is 31.3 Å². The van der Waals surface area contributed by atoms with Crippen molar-refractivity contribution < 1.29 is 9.59 Å². The van der Waals surface area contributed by atoms with Gasteiger partial charge in [-0.15, -0.1) is 12.4 Å². The van der Waals surface area contributed by atoms with Crippen molar-refractivity contribution in [1.29, 1.82) is 0 Å². The molecule has 5 nitrogen and oxygen atoms in total. The van der Waals surface area contributed by atoms with E-state index in [0.717, 1.165) is 12.0 Å². The highest BCUT2D eigenvalue weighted by atomic mass is 35.5. The average Bonchev–Trinajstić information content (AvgIpc) is 2.90.